The summed E-state index contributed by atoms with van der Waals surface area (Å²) in [5, 5.41) is 3.82. The molecule has 2 aliphatic carbocycles. The molecule has 1 saturated carbocycles. The van der Waals surface area contributed by atoms with Crippen LogP contribution in [0.4, 0.5) is 5.69 Å². The van der Waals surface area contributed by atoms with Gasteiger partial charge < -0.3 is 14.8 Å². The Morgan fingerprint density at radius 1 is 1.00 bits per heavy atom. The van der Waals surface area contributed by atoms with Crippen LogP contribution in [0.3, 0.4) is 0 Å². The second-order valence-corrected chi connectivity index (χ2v) is 9.11. The Balaban J connectivity index is 1.33. The summed E-state index contributed by atoms with van der Waals surface area (Å²) in [6, 6.07) is 15.3. The molecule has 0 saturated heterocycles. The van der Waals surface area contributed by atoms with Crippen LogP contribution in [-0.4, -0.2) is 13.7 Å². The average molecular weight is 404 g/mol. The number of ether oxygens (including phenoxy) is 2. The fraction of sp³-hybridized carbons (Fsp3) is 0.481. The highest BCUT2D eigenvalue weighted by molar-refractivity contribution is 5.62. The fourth-order valence-corrected chi connectivity index (χ4v) is 5.71. The minimum absolute atomic E-state index is 0.256. The van der Waals surface area contributed by atoms with E-state index in [1.807, 2.05) is 6.07 Å². The van der Waals surface area contributed by atoms with Gasteiger partial charge in [0.25, 0.3) is 0 Å². The summed E-state index contributed by atoms with van der Waals surface area (Å²) in [5.41, 5.74) is 3.84. The van der Waals surface area contributed by atoms with E-state index in [0.29, 0.717) is 11.8 Å². The Kier molecular flexibility index (Phi) is 5.70. The molecule has 2 aromatic rings. The molecule has 3 nitrogen and oxygen atoms in total. The van der Waals surface area contributed by atoms with Crippen molar-refractivity contribution < 1.29 is 9.47 Å². The molecular formula is C27H33NO2. The summed E-state index contributed by atoms with van der Waals surface area (Å²) in [4.78, 5) is 0. The molecule has 0 amide bonds. The molecule has 1 N–H and O–H groups in total. The largest absolute Gasteiger partial charge is 0.496 e. The Bertz CT molecular complexity index is 899. The minimum atomic E-state index is 0.256. The molecule has 0 spiro atoms. The van der Waals surface area contributed by atoms with Gasteiger partial charge in [-0.15, -0.1) is 0 Å². The molecule has 1 aliphatic heterocycles. The molecule has 3 atom stereocenters. The SMILES string of the molecule is COc1ccccc1C1Nc2ccc(OCCC3CCCCC3)cc2C2C=CCC21. The van der Waals surface area contributed by atoms with Gasteiger partial charge in [0.1, 0.15) is 11.5 Å². The first-order chi connectivity index (χ1) is 14.8. The van der Waals surface area contributed by atoms with Crippen LogP contribution >= 0.6 is 0 Å². The molecule has 0 radical (unpaired) electrons. The normalized spacial score (nSPS) is 25.3. The third kappa shape index (κ3) is 3.82. The van der Waals surface area contributed by atoms with E-state index in [4.69, 9.17) is 9.47 Å². The number of methoxy groups -OCH3 is 1. The second kappa shape index (κ2) is 8.75. The van der Waals surface area contributed by atoms with E-state index in [1.54, 1.807) is 7.11 Å². The molecule has 3 unspecified atom stereocenters. The summed E-state index contributed by atoms with van der Waals surface area (Å²) in [7, 11) is 1.76. The smallest absolute Gasteiger partial charge is 0.124 e. The summed E-state index contributed by atoms with van der Waals surface area (Å²) in [6.07, 6.45) is 14.0. The Morgan fingerprint density at radius 3 is 2.73 bits per heavy atom. The van der Waals surface area contributed by atoms with Crippen molar-refractivity contribution in [2.45, 2.75) is 56.9 Å². The third-order valence-corrected chi connectivity index (χ3v) is 7.33. The summed E-state index contributed by atoms with van der Waals surface area (Å²) >= 11 is 0. The molecule has 158 valence electrons. The molecule has 3 heteroatoms. The van der Waals surface area contributed by atoms with Crippen LogP contribution in [0, 0.1) is 11.8 Å². The standard InChI is InChI=1S/C27H33NO2/c1-29-26-13-6-5-10-23(26)27-22-12-7-11-21(22)24-18-20(14-15-25(24)28-27)30-17-16-19-8-3-2-4-9-19/h5-7,10-11,13-15,18-19,21-22,27-28H,2-4,8-9,12,16-17H2,1H3. The molecular weight excluding hydrogens is 370 g/mol. The van der Waals surface area contributed by atoms with Crippen LogP contribution in [-0.2, 0) is 0 Å². The van der Waals surface area contributed by atoms with Gasteiger partial charge in [0, 0.05) is 17.2 Å². The van der Waals surface area contributed by atoms with E-state index in [1.165, 1.54) is 55.3 Å². The highest BCUT2D eigenvalue weighted by atomic mass is 16.5. The molecule has 0 aromatic heterocycles. The van der Waals surface area contributed by atoms with E-state index in [9.17, 15) is 0 Å². The van der Waals surface area contributed by atoms with Gasteiger partial charge in [-0.3, -0.25) is 0 Å². The van der Waals surface area contributed by atoms with Gasteiger partial charge in [0.2, 0.25) is 0 Å². The monoisotopic (exact) mass is 403 g/mol. The van der Waals surface area contributed by atoms with Crippen LogP contribution in [0.15, 0.2) is 54.6 Å². The van der Waals surface area contributed by atoms with Crippen molar-refractivity contribution in [1.29, 1.82) is 0 Å². The highest BCUT2D eigenvalue weighted by Gasteiger charge is 2.39. The molecule has 30 heavy (non-hydrogen) atoms. The summed E-state index contributed by atoms with van der Waals surface area (Å²) in [5.74, 6) is 3.78. The van der Waals surface area contributed by atoms with Gasteiger partial charge in [-0.05, 0) is 54.5 Å². The zero-order chi connectivity index (χ0) is 20.3. The van der Waals surface area contributed by atoms with E-state index < -0.39 is 0 Å². The quantitative estimate of drug-likeness (QED) is 0.534. The number of fused-ring (bicyclic) bond motifs is 3. The number of para-hydroxylation sites is 1. The number of allylic oxidation sites excluding steroid dienone is 2. The van der Waals surface area contributed by atoms with Crippen molar-refractivity contribution in [3.63, 3.8) is 0 Å². The summed E-state index contributed by atoms with van der Waals surface area (Å²) in [6.45, 7) is 0.838. The maximum absolute atomic E-state index is 6.20. The topological polar surface area (TPSA) is 30.5 Å². The van der Waals surface area contributed by atoms with E-state index in [2.05, 4.69) is 53.9 Å². The zero-order valence-corrected chi connectivity index (χ0v) is 18.0. The van der Waals surface area contributed by atoms with Gasteiger partial charge >= 0.3 is 0 Å². The number of hydrogen-bond acceptors (Lipinski definition) is 3. The van der Waals surface area contributed by atoms with E-state index in [-0.39, 0.29) is 6.04 Å². The van der Waals surface area contributed by atoms with E-state index in [0.717, 1.165) is 30.4 Å². The number of benzene rings is 2. The van der Waals surface area contributed by atoms with Crippen LogP contribution in [0.2, 0.25) is 0 Å². The number of anilines is 1. The van der Waals surface area contributed by atoms with Crippen LogP contribution in [0.1, 0.15) is 68.0 Å². The number of nitrogens with one attached hydrogen (secondary N) is 1. The van der Waals surface area contributed by atoms with Crippen molar-refractivity contribution >= 4 is 5.69 Å². The van der Waals surface area contributed by atoms with Crippen molar-refractivity contribution in [2.75, 3.05) is 19.0 Å². The van der Waals surface area contributed by atoms with Crippen LogP contribution < -0.4 is 14.8 Å². The zero-order valence-electron chi connectivity index (χ0n) is 18.0. The maximum Gasteiger partial charge on any atom is 0.124 e. The van der Waals surface area contributed by atoms with E-state index >= 15 is 0 Å². The molecule has 5 rings (SSSR count). The highest BCUT2D eigenvalue weighted by Crippen LogP contribution is 2.51. The number of rotatable bonds is 6. The lowest BCUT2D eigenvalue weighted by atomic mass is 9.77. The average Bonchev–Trinajstić information content (AvgIpc) is 3.30. The van der Waals surface area contributed by atoms with Gasteiger partial charge in [-0.1, -0.05) is 62.5 Å². The lowest BCUT2D eigenvalue weighted by Crippen LogP contribution is -2.29. The molecule has 3 aliphatic rings. The first-order valence-corrected chi connectivity index (χ1v) is 11.7. The number of hydrogen-bond donors (Lipinski definition) is 1. The predicted octanol–water partition coefficient (Wildman–Crippen LogP) is 6.87. The molecule has 1 heterocycles. The van der Waals surface area contributed by atoms with Crippen LogP contribution in [0.5, 0.6) is 11.5 Å². The predicted molar refractivity (Wildman–Crippen MR) is 122 cm³/mol. The maximum atomic E-state index is 6.20. The Morgan fingerprint density at radius 2 is 1.87 bits per heavy atom. The first-order valence-electron chi connectivity index (χ1n) is 11.7. The lowest BCUT2D eigenvalue weighted by Gasteiger charge is -2.38. The first kappa shape index (κ1) is 19.5. The van der Waals surface area contributed by atoms with Crippen molar-refractivity contribution in [1.82, 2.24) is 0 Å². The molecule has 0 bridgehead atoms. The summed E-state index contributed by atoms with van der Waals surface area (Å²) < 4.78 is 11.9. The second-order valence-electron chi connectivity index (χ2n) is 9.11. The minimum Gasteiger partial charge on any atom is -0.496 e. The van der Waals surface area contributed by atoms with Gasteiger partial charge in [0.15, 0.2) is 0 Å². The Labute approximate surface area is 180 Å². The Hall–Kier alpha value is -2.42. The molecule has 1 fully saturated rings. The van der Waals surface area contributed by atoms with Crippen molar-refractivity contribution in [2.24, 2.45) is 11.8 Å². The third-order valence-electron chi connectivity index (χ3n) is 7.33. The van der Waals surface area contributed by atoms with Crippen molar-refractivity contribution in [3.8, 4) is 11.5 Å². The van der Waals surface area contributed by atoms with Gasteiger partial charge in [0.05, 0.1) is 19.8 Å². The molecule has 2 aromatic carbocycles. The lowest BCUT2D eigenvalue weighted by molar-refractivity contribution is 0.246. The van der Waals surface area contributed by atoms with Crippen LogP contribution in [0.25, 0.3) is 0 Å². The fourth-order valence-electron chi connectivity index (χ4n) is 5.71. The van der Waals surface area contributed by atoms with Crippen molar-refractivity contribution in [3.05, 3.63) is 65.7 Å². The van der Waals surface area contributed by atoms with Gasteiger partial charge in [-0.25, -0.2) is 0 Å². The van der Waals surface area contributed by atoms with Gasteiger partial charge in [-0.2, -0.15) is 0 Å².